The van der Waals surface area contributed by atoms with Crippen molar-refractivity contribution < 1.29 is 11.0 Å². The van der Waals surface area contributed by atoms with E-state index in [1.165, 1.54) is 4.57 Å². The van der Waals surface area contributed by atoms with Gasteiger partial charge in [-0.25, -0.2) is 0 Å². The van der Waals surface area contributed by atoms with Gasteiger partial charge in [-0.2, -0.15) is 15.0 Å². The Morgan fingerprint density at radius 2 is 0.757 bits per heavy atom. The Balaban J connectivity index is 1.13. The van der Waals surface area contributed by atoms with Crippen LogP contribution >= 0.6 is 0 Å². The SMILES string of the molecule is [2H]c1c([2H])c([2H])c2c(c1[2H])c1c([2H])c([2H])c([2H])c([2H])c1n2-c1nc(-c2c(-c3ccc4c(c3)c3ccccc3n4-c3ccccc3)cccc2-n2c3ccccc3c3ccccc32)nc(-n2c3ccccc3c3ccccc32)n1. The van der Waals surface area contributed by atoms with E-state index < -0.39 is 48.3 Å². The molecule has 0 aliphatic carbocycles. The maximum atomic E-state index is 9.52. The van der Waals surface area contributed by atoms with Gasteiger partial charge in [0.05, 0.1) is 66.4 Å². The highest BCUT2D eigenvalue weighted by atomic mass is 15.3. The molecule has 0 saturated carbocycles. The van der Waals surface area contributed by atoms with Crippen molar-refractivity contribution in [2.24, 2.45) is 0 Å². The van der Waals surface area contributed by atoms with E-state index >= 15 is 0 Å². The van der Waals surface area contributed by atoms with Crippen LogP contribution in [0.5, 0.6) is 0 Å². The third kappa shape index (κ3) is 5.54. The first-order valence-corrected chi connectivity index (χ1v) is 23.1. The molecule has 0 atom stereocenters. The van der Waals surface area contributed by atoms with Crippen molar-refractivity contribution in [3.63, 3.8) is 0 Å². The number of fused-ring (bicyclic) bond motifs is 12. The number of para-hydroxylation sites is 8. The van der Waals surface area contributed by atoms with Crippen LogP contribution in [0.25, 0.3) is 133 Å². The molecule has 0 aliphatic rings. The Bertz CT molecular complexity index is 4910. The monoisotopic (exact) mass is 901 g/mol. The molecule has 10 aromatic carbocycles. The molecule has 7 nitrogen and oxygen atoms in total. The van der Waals surface area contributed by atoms with Gasteiger partial charge in [0.2, 0.25) is 11.9 Å². The molecule has 326 valence electrons. The topological polar surface area (TPSA) is 58.4 Å². The normalized spacial score (nSPS) is 13.6. The van der Waals surface area contributed by atoms with Gasteiger partial charge in [-0.15, -0.1) is 0 Å². The zero-order valence-electron chi connectivity index (χ0n) is 45.0. The van der Waals surface area contributed by atoms with E-state index in [-0.39, 0.29) is 39.5 Å². The molecular weight excluding hydrogens is 855 g/mol. The molecule has 0 spiro atoms. The molecule has 5 heterocycles. The molecule has 0 amide bonds. The summed E-state index contributed by atoms with van der Waals surface area (Å²) in [5.41, 5.74) is 9.27. The maximum Gasteiger partial charge on any atom is 0.240 e. The Hall–Kier alpha value is -9.59. The summed E-state index contributed by atoms with van der Waals surface area (Å²) in [6, 6.07) is 59.7. The lowest BCUT2D eigenvalue weighted by atomic mass is 9.95. The van der Waals surface area contributed by atoms with Crippen molar-refractivity contribution >= 4 is 87.2 Å². The summed E-state index contributed by atoms with van der Waals surface area (Å²) in [6.45, 7) is 0. The summed E-state index contributed by atoms with van der Waals surface area (Å²) in [6.07, 6.45) is 0. The number of benzene rings is 10. The van der Waals surface area contributed by atoms with Crippen LogP contribution in [0, 0.1) is 0 Å². The molecule has 15 aromatic rings. The summed E-state index contributed by atoms with van der Waals surface area (Å²) in [7, 11) is 0. The average Bonchev–Trinajstić information content (AvgIpc) is 4.38. The first-order valence-electron chi connectivity index (χ1n) is 27.1. The van der Waals surface area contributed by atoms with Gasteiger partial charge >= 0.3 is 0 Å². The first kappa shape index (κ1) is 31.4. The quantitative estimate of drug-likeness (QED) is 0.167. The summed E-state index contributed by atoms with van der Waals surface area (Å²) in [5.74, 6) is 0.220. The van der Waals surface area contributed by atoms with Gasteiger partial charge in [0.15, 0.2) is 5.82 Å². The molecule has 5 aromatic heterocycles. The lowest BCUT2D eigenvalue weighted by molar-refractivity contribution is 0.892. The van der Waals surface area contributed by atoms with Crippen LogP contribution in [-0.4, -0.2) is 33.2 Å². The molecule has 0 aliphatic heterocycles. The number of hydrogen-bond acceptors (Lipinski definition) is 3. The number of hydrogen-bond donors (Lipinski definition) is 0. The lowest BCUT2D eigenvalue weighted by Crippen LogP contribution is -2.11. The van der Waals surface area contributed by atoms with Gasteiger partial charge in [-0.1, -0.05) is 164 Å². The number of rotatable bonds is 6. The van der Waals surface area contributed by atoms with Crippen LogP contribution in [0.15, 0.2) is 236 Å². The molecule has 0 radical (unpaired) electrons. The lowest BCUT2D eigenvalue weighted by Gasteiger charge is -2.19. The first-order chi connectivity index (χ1) is 38.1. The van der Waals surface area contributed by atoms with E-state index in [2.05, 4.69) is 100 Å². The van der Waals surface area contributed by atoms with Gasteiger partial charge in [0.25, 0.3) is 0 Å². The van der Waals surface area contributed by atoms with Gasteiger partial charge in [-0.05, 0) is 83.9 Å². The third-order valence-electron chi connectivity index (χ3n) is 13.7. The zero-order valence-corrected chi connectivity index (χ0v) is 37.0. The van der Waals surface area contributed by atoms with Crippen LogP contribution in [-0.2, 0) is 0 Å². The molecule has 0 bridgehead atoms. The van der Waals surface area contributed by atoms with Crippen molar-refractivity contribution in [2.75, 3.05) is 0 Å². The van der Waals surface area contributed by atoms with E-state index in [0.29, 0.717) is 5.56 Å². The standard InChI is InChI=1S/C63H39N7/c1-2-19-41(20-3-1)67-51-29-11-10-27-49(51)50-39-40(37-38-58(50)67)42-28-18-36-59(68-52-30-12-4-21-43(52)44-22-5-13-31-53(44)68)60(42)61-64-62(69-54-32-14-6-23-45(54)46-24-7-15-33-55(46)69)66-63(65-61)70-56-34-16-8-25-47(56)48-26-9-17-35-57(48)70/h1-39H/i6D,7D,14D,15D,23D,24D,32D,33D. The zero-order chi connectivity index (χ0) is 52.8. The molecule has 0 unspecified atom stereocenters. The Morgan fingerprint density at radius 3 is 1.31 bits per heavy atom. The Morgan fingerprint density at radius 1 is 0.314 bits per heavy atom. The summed E-state index contributed by atoms with van der Waals surface area (Å²) >= 11 is 0. The molecule has 0 fully saturated rings. The van der Waals surface area contributed by atoms with E-state index in [1.54, 1.807) is 0 Å². The van der Waals surface area contributed by atoms with E-state index in [4.69, 9.17) is 20.4 Å². The maximum absolute atomic E-state index is 9.52. The van der Waals surface area contributed by atoms with Gasteiger partial charge in [0.1, 0.15) is 0 Å². The van der Waals surface area contributed by atoms with Crippen LogP contribution in [0.4, 0.5) is 0 Å². The molecule has 70 heavy (non-hydrogen) atoms. The largest absolute Gasteiger partial charge is 0.309 e. The highest BCUT2D eigenvalue weighted by molar-refractivity contribution is 6.13. The van der Waals surface area contributed by atoms with Gasteiger partial charge in [-0.3, -0.25) is 9.13 Å². The third-order valence-corrected chi connectivity index (χ3v) is 13.7. The molecule has 0 saturated heterocycles. The second-order valence-corrected chi connectivity index (χ2v) is 17.4. The smallest absolute Gasteiger partial charge is 0.240 e. The molecular formula is C63H39N7. The minimum absolute atomic E-state index is 0.0854. The van der Waals surface area contributed by atoms with Crippen molar-refractivity contribution in [3.05, 3.63) is 236 Å². The van der Waals surface area contributed by atoms with Crippen molar-refractivity contribution in [1.29, 1.82) is 0 Å². The summed E-state index contributed by atoms with van der Waals surface area (Å²) < 4.78 is 81.0. The molecule has 7 heteroatoms. The van der Waals surface area contributed by atoms with Crippen LogP contribution in [0.2, 0.25) is 0 Å². The van der Waals surface area contributed by atoms with E-state index in [0.717, 1.165) is 87.9 Å². The van der Waals surface area contributed by atoms with Crippen molar-refractivity contribution in [3.8, 4) is 45.8 Å². The van der Waals surface area contributed by atoms with E-state index in [1.807, 2.05) is 102 Å². The summed E-state index contributed by atoms with van der Waals surface area (Å²) in [5, 5.41) is 5.87. The summed E-state index contributed by atoms with van der Waals surface area (Å²) in [4.78, 5) is 16.3. The van der Waals surface area contributed by atoms with E-state index in [9.17, 15) is 5.48 Å². The predicted molar refractivity (Wildman–Crippen MR) is 288 cm³/mol. The second kappa shape index (κ2) is 15.0. The fourth-order valence-corrected chi connectivity index (χ4v) is 10.8. The molecule has 15 rings (SSSR count). The second-order valence-electron chi connectivity index (χ2n) is 17.4. The minimum atomic E-state index is -0.549. The highest BCUT2D eigenvalue weighted by Gasteiger charge is 2.26. The fourth-order valence-electron chi connectivity index (χ4n) is 10.8. The average molecular weight is 902 g/mol. The Labute approximate surface area is 412 Å². The number of nitrogens with zero attached hydrogens (tertiary/aromatic N) is 7. The fraction of sp³-hybridized carbons (Fsp3) is 0. The van der Waals surface area contributed by atoms with Crippen LogP contribution < -0.4 is 0 Å². The highest BCUT2D eigenvalue weighted by Crippen LogP contribution is 2.43. The van der Waals surface area contributed by atoms with Crippen molar-refractivity contribution in [2.45, 2.75) is 0 Å². The van der Waals surface area contributed by atoms with Gasteiger partial charge < -0.3 is 9.13 Å². The van der Waals surface area contributed by atoms with Crippen molar-refractivity contribution in [1.82, 2.24) is 33.2 Å². The van der Waals surface area contributed by atoms with Gasteiger partial charge in [0, 0.05) is 48.8 Å². The van der Waals surface area contributed by atoms with Crippen LogP contribution in [0.1, 0.15) is 11.0 Å². The predicted octanol–water partition coefficient (Wildman–Crippen LogP) is 15.6. The van der Waals surface area contributed by atoms with Crippen LogP contribution in [0.3, 0.4) is 0 Å². The molecule has 0 N–H and O–H groups in total. The minimum Gasteiger partial charge on any atom is -0.309 e. The number of aromatic nitrogens is 7. The Kier molecular flexibility index (Phi) is 6.71.